The van der Waals surface area contributed by atoms with E-state index in [2.05, 4.69) is 32.4 Å². The van der Waals surface area contributed by atoms with E-state index in [1.54, 1.807) is 12.1 Å². The number of carbonyl (C=O) groups is 1. The number of hydrogen-bond donors (Lipinski definition) is 1. The highest BCUT2D eigenvalue weighted by Gasteiger charge is 2.40. The number of ether oxygens (including phenoxy) is 1. The van der Waals surface area contributed by atoms with Crippen LogP contribution in [0.3, 0.4) is 0 Å². The van der Waals surface area contributed by atoms with E-state index in [0.29, 0.717) is 6.42 Å². The fourth-order valence-electron chi connectivity index (χ4n) is 4.98. The molecule has 31 heavy (non-hydrogen) atoms. The topological polar surface area (TPSA) is 72.8 Å². The Kier molecular flexibility index (Phi) is 8.29. The van der Waals surface area contributed by atoms with Gasteiger partial charge in [-0.25, -0.2) is 4.39 Å². The summed E-state index contributed by atoms with van der Waals surface area (Å²) in [4.78, 5) is 11.4. The highest BCUT2D eigenvalue weighted by atomic mass is 31.2. The molecule has 0 saturated heterocycles. The number of halogens is 1. The normalized spacial score (nSPS) is 20.8. The molecule has 7 heteroatoms. The minimum atomic E-state index is -3.16. The zero-order valence-corrected chi connectivity index (χ0v) is 20.4. The van der Waals surface area contributed by atoms with Gasteiger partial charge in [-0.2, -0.15) is 0 Å². The van der Waals surface area contributed by atoms with Crippen molar-refractivity contribution < 1.29 is 28.1 Å². The van der Waals surface area contributed by atoms with Crippen LogP contribution in [0.4, 0.5) is 4.39 Å². The lowest BCUT2D eigenvalue weighted by Gasteiger charge is -2.44. The number of esters is 1. The average molecular weight is 455 g/mol. The Morgan fingerprint density at radius 2 is 1.81 bits per heavy atom. The van der Waals surface area contributed by atoms with E-state index in [9.17, 15) is 18.9 Å². The second-order valence-electron chi connectivity index (χ2n) is 9.95. The van der Waals surface area contributed by atoms with Gasteiger partial charge in [-0.1, -0.05) is 45.4 Å². The zero-order valence-electron chi connectivity index (χ0n) is 19.5. The second kappa shape index (κ2) is 9.97. The molecule has 2 atom stereocenters. The minimum absolute atomic E-state index is 0.0817. The summed E-state index contributed by atoms with van der Waals surface area (Å²) in [6.45, 7) is 8.85. The van der Waals surface area contributed by atoms with Gasteiger partial charge in [0.15, 0.2) is 0 Å². The van der Waals surface area contributed by atoms with Crippen LogP contribution in [-0.2, 0) is 18.6 Å². The molecular weight excluding hydrogens is 418 g/mol. The molecule has 0 aromatic heterocycles. The van der Waals surface area contributed by atoms with Crippen molar-refractivity contribution in [3.63, 3.8) is 0 Å². The molecule has 5 nitrogen and oxygen atoms in total. The van der Waals surface area contributed by atoms with Crippen molar-refractivity contribution in [2.45, 2.75) is 59.5 Å². The van der Waals surface area contributed by atoms with E-state index < -0.39 is 19.4 Å². The van der Waals surface area contributed by atoms with Crippen molar-refractivity contribution in [2.75, 3.05) is 26.5 Å². The summed E-state index contributed by atoms with van der Waals surface area (Å²) in [6.07, 6.45) is 1.25. The third-order valence-corrected chi connectivity index (χ3v) is 8.65. The SMILES string of the molecule is COC(=O)C[C@H](O)CP(=O)(CCC1=C(c2ccc(F)cc2)CC(C)(C)CC1(C)C)OC. The van der Waals surface area contributed by atoms with E-state index in [-0.39, 0.29) is 35.4 Å². The van der Waals surface area contributed by atoms with Gasteiger partial charge in [0.05, 0.1) is 25.8 Å². The minimum Gasteiger partial charge on any atom is -0.469 e. The van der Waals surface area contributed by atoms with Gasteiger partial charge in [0.2, 0.25) is 7.37 Å². The Bertz CT molecular complexity index is 857. The molecule has 2 rings (SSSR count). The molecule has 1 aliphatic rings. The summed E-state index contributed by atoms with van der Waals surface area (Å²) in [6, 6.07) is 6.55. The molecule has 0 spiro atoms. The van der Waals surface area contributed by atoms with Crippen molar-refractivity contribution in [2.24, 2.45) is 10.8 Å². The van der Waals surface area contributed by atoms with Gasteiger partial charge in [0, 0.05) is 13.3 Å². The van der Waals surface area contributed by atoms with Gasteiger partial charge in [-0.05, 0) is 53.4 Å². The molecule has 1 N–H and O–H groups in total. The molecular formula is C24H36FO5P. The maximum Gasteiger partial charge on any atom is 0.308 e. The molecule has 174 valence electrons. The van der Waals surface area contributed by atoms with E-state index in [1.165, 1.54) is 37.5 Å². The fourth-order valence-corrected chi connectivity index (χ4v) is 6.83. The van der Waals surface area contributed by atoms with Gasteiger partial charge in [-0.15, -0.1) is 0 Å². The lowest BCUT2D eigenvalue weighted by atomic mass is 9.61. The van der Waals surface area contributed by atoms with Crippen molar-refractivity contribution in [3.8, 4) is 0 Å². The second-order valence-corrected chi connectivity index (χ2v) is 12.8. The molecule has 1 aromatic rings. The number of carbonyl (C=O) groups excluding carboxylic acids is 1. The van der Waals surface area contributed by atoms with Gasteiger partial charge in [0.1, 0.15) is 5.82 Å². The van der Waals surface area contributed by atoms with Gasteiger partial charge in [-0.3, -0.25) is 9.36 Å². The first-order valence-electron chi connectivity index (χ1n) is 10.7. The van der Waals surface area contributed by atoms with E-state index in [0.717, 1.165) is 18.4 Å². The van der Waals surface area contributed by atoms with E-state index in [1.807, 2.05) is 0 Å². The fraction of sp³-hybridized carbons (Fsp3) is 0.625. The lowest BCUT2D eigenvalue weighted by Crippen LogP contribution is -2.31. The summed E-state index contributed by atoms with van der Waals surface area (Å²) >= 11 is 0. The molecule has 0 radical (unpaired) electrons. The van der Waals surface area contributed by atoms with Crippen molar-refractivity contribution in [1.82, 2.24) is 0 Å². The van der Waals surface area contributed by atoms with Crippen LogP contribution in [0.1, 0.15) is 58.9 Å². The van der Waals surface area contributed by atoms with Crippen molar-refractivity contribution >= 4 is 18.9 Å². The quantitative estimate of drug-likeness (QED) is 0.385. The molecule has 0 saturated carbocycles. The van der Waals surface area contributed by atoms with Crippen LogP contribution in [0.15, 0.2) is 29.8 Å². The molecule has 0 aliphatic heterocycles. The Labute approximate surface area is 185 Å². The van der Waals surface area contributed by atoms with Crippen LogP contribution in [0.5, 0.6) is 0 Å². The van der Waals surface area contributed by atoms with Crippen LogP contribution in [0, 0.1) is 16.6 Å². The average Bonchev–Trinajstić information content (AvgIpc) is 2.65. The van der Waals surface area contributed by atoms with Crippen LogP contribution in [0.25, 0.3) is 5.57 Å². The first kappa shape index (κ1) is 25.8. The third kappa shape index (κ3) is 7.00. The number of methoxy groups -OCH3 is 1. The van der Waals surface area contributed by atoms with Crippen LogP contribution in [-0.4, -0.2) is 43.7 Å². The first-order valence-corrected chi connectivity index (χ1v) is 12.7. The maximum absolute atomic E-state index is 13.5. The summed E-state index contributed by atoms with van der Waals surface area (Å²) in [5, 5.41) is 10.2. The zero-order chi connectivity index (χ0) is 23.4. The number of aliphatic hydroxyl groups is 1. The molecule has 0 fully saturated rings. The summed E-state index contributed by atoms with van der Waals surface area (Å²) in [7, 11) is -0.520. The van der Waals surface area contributed by atoms with Gasteiger partial charge < -0.3 is 14.4 Å². The summed E-state index contributed by atoms with van der Waals surface area (Å²) in [5.41, 5.74) is 3.29. The molecule has 0 heterocycles. The number of rotatable bonds is 9. The maximum atomic E-state index is 13.5. The standard InChI is InChI=1S/C24H36FO5P/c1-23(2)14-20(17-7-9-18(25)10-8-17)21(24(3,4)16-23)11-12-31(28,30-6)15-19(26)13-22(27)29-5/h7-10,19,26H,11-16H2,1-6H3/t19-,31?/m0/s1. The van der Waals surface area contributed by atoms with Gasteiger partial charge in [0.25, 0.3) is 0 Å². The molecule has 0 bridgehead atoms. The Balaban J connectivity index is 2.33. The molecule has 1 aromatic carbocycles. The lowest BCUT2D eigenvalue weighted by molar-refractivity contribution is -0.142. The van der Waals surface area contributed by atoms with E-state index >= 15 is 0 Å². The van der Waals surface area contributed by atoms with E-state index in [4.69, 9.17) is 4.52 Å². The van der Waals surface area contributed by atoms with Gasteiger partial charge >= 0.3 is 5.97 Å². The van der Waals surface area contributed by atoms with Crippen LogP contribution < -0.4 is 0 Å². The smallest absolute Gasteiger partial charge is 0.308 e. The molecule has 1 aliphatic carbocycles. The highest BCUT2D eigenvalue weighted by molar-refractivity contribution is 7.59. The Morgan fingerprint density at radius 3 is 2.35 bits per heavy atom. The summed E-state index contributed by atoms with van der Waals surface area (Å²) in [5.74, 6) is -0.823. The van der Waals surface area contributed by atoms with Crippen molar-refractivity contribution in [1.29, 1.82) is 0 Å². The Morgan fingerprint density at radius 1 is 1.19 bits per heavy atom. The molecule has 0 amide bonds. The monoisotopic (exact) mass is 454 g/mol. The van der Waals surface area contributed by atoms with Crippen LogP contribution in [0.2, 0.25) is 0 Å². The number of allylic oxidation sites excluding steroid dienone is 2. The number of benzene rings is 1. The summed E-state index contributed by atoms with van der Waals surface area (Å²) < 4.78 is 36.8. The van der Waals surface area contributed by atoms with Crippen LogP contribution >= 0.6 is 7.37 Å². The largest absolute Gasteiger partial charge is 0.469 e. The number of aliphatic hydroxyl groups excluding tert-OH is 1. The first-order chi connectivity index (χ1) is 14.3. The molecule has 1 unspecified atom stereocenters. The predicted octanol–water partition coefficient (Wildman–Crippen LogP) is 5.66. The third-order valence-electron chi connectivity index (χ3n) is 6.10. The highest BCUT2D eigenvalue weighted by Crippen LogP contribution is 2.55. The predicted molar refractivity (Wildman–Crippen MR) is 122 cm³/mol. The Hall–Kier alpha value is -1.49. The number of hydrogen-bond acceptors (Lipinski definition) is 5. The van der Waals surface area contributed by atoms with Crippen molar-refractivity contribution in [3.05, 3.63) is 41.2 Å².